The van der Waals surface area contributed by atoms with Gasteiger partial charge in [0.25, 0.3) is 0 Å². The first-order valence-electron chi connectivity index (χ1n) is 5.42. The van der Waals surface area contributed by atoms with E-state index in [1.165, 1.54) is 6.92 Å². The third kappa shape index (κ3) is 4.80. The number of nitrogens with one attached hydrogen (secondary N) is 1. The molecule has 0 spiro atoms. The Morgan fingerprint density at radius 2 is 2.06 bits per heavy atom. The minimum Gasteiger partial charge on any atom is -0.394 e. The van der Waals surface area contributed by atoms with Crippen molar-refractivity contribution in [3.63, 3.8) is 0 Å². The van der Waals surface area contributed by atoms with Crippen molar-refractivity contribution in [2.24, 2.45) is 0 Å². The highest BCUT2D eigenvalue weighted by Gasteiger charge is 2.16. The highest BCUT2D eigenvalue weighted by atomic mass is 16.3. The van der Waals surface area contributed by atoms with Crippen molar-refractivity contribution in [1.29, 1.82) is 0 Å². The molecule has 1 rings (SSSR count). The van der Waals surface area contributed by atoms with Crippen molar-refractivity contribution in [3.05, 3.63) is 42.0 Å². The molecule has 1 aromatic rings. The van der Waals surface area contributed by atoms with E-state index in [1.807, 2.05) is 30.3 Å². The van der Waals surface area contributed by atoms with Crippen molar-refractivity contribution in [2.75, 3.05) is 6.61 Å². The first-order valence-corrected chi connectivity index (χ1v) is 5.42. The Kier molecular flexibility index (Phi) is 5.39. The summed E-state index contributed by atoms with van der Waals surface area (Å²) in [6, 6.07) is 8.81. The molecule has 1 amide bonds. The predicted octanol–water partition coefficient (Wildman–Crippen LogP) is 0.558. The predicted molar refractivity (Wildman–Crippen MR) is 66.2 cm³/mol. The van der Waals surface area contributed by atoms with Crippen LogP contribution < -0.4 is 5.32 Å². The lowest BCUT2D eigenvalue weighted by molar-refractivity contribution is -0.120. The van der Waals surface area contributed by atoms with E-state index in [0.29, 0.717) is 0 Å². The van der Waals surface area contributed by atoms with E-state index in [9.17, 15) is 9.90 Å². The van der Waals surface area contributed by atoms with Gasteiger partial charge in [-0.2, -0.15) is 0 Å². The van der Waals surface area contributed by atoms with Gasteiger partial charge in [-0.1, -0.05) is 42.5 Å². The topological polar surface area (TPSA) is 69.6 Å². The van der Waals surface area contributed by atoms with Gasteiger partial charge in [-0.05, 0) is 5.56 Å². The van der Waals surface area contributed by atoms with Crippen LogP contribution in [0.2, 0.25) is 0 Å². The number of rotatable bonds is 5. The van der Waals surface area contributed by atoms with E-state index in [1.54, 1.807) is 12.2 Å². The third-order valence-corrected chi connectivity index (χ3v) is 2.28. The average Bonchev–Trinajstić information content (AvgIpc) is 2.34. The van der Waals surface area contributed by atoms with Gasteiger partial charge in [0.05, 0.1) is 18.8 Å². The Morgan fingerprint density at radius 1 is 1.41 bits per heavy atom. The fraction of sp³-hybridized carbons (Fsp3) is 0.308. The molecule has 0 bridgehead atoms. The van der Waals surface area contributed by atoms with Crippen LogP contribution >= 0.6 is 0 Å². The molecule has 0 aromatic heterocycles. The molecule has 17 heavy (non-hydrogen) atoms. The maximum Gasteiger partial charge on any atom is 0.217 e. The maximum atomic E-state index is 10.8. The minimum absolute atomic E-state index is 0.281. The molecule has 0 saturated carbocycles. The van der Waals surface area contributed by atoms with E-state index in [2.05, 4.69) is 5.32 Å². The van der Waals surface area contributed by atoms with Crippen molar-refractivity contribution in [1.82, 2.24) is 5.32 Å². The smallest absolute Gasteiger partial charge is 0.217 e. The molecule has 92 valence electrons. The second-order valence-electron chi connectivity index (χ2n) is 3.75. The molecule has 0 heterocycles. The molecular weight excluding hydrogens is 218 g/mol. The van der Waals surface area contributed by atoms with E-state index >= 15 is 0 Å². The average molecular weight is 235 g/mol. The number of aliphatic hydroxyl groups is 2. The van der Waals surface area contributed by atoms with Crippen LogP contribution in [0.5, 0.6) is 0 Å². The van der Waals surface area contributed by atoms with Crippen molar-refractivity contribution < 1.29 is 15.0 Å². The van der Waals surface area contributed by atoms with Crippen LogP contribution in [0.3, 0.4) is 0 Å². The van der Waals surface area contributed by atoms with Crippen LogP contribution in [0.4, 0.5) is 0 Å². The molecule has 0 radical (unpaired) electrons. The van der Waals surface area contributed by atoms with Gasteiger partial charge >= 0.3 is 0 Å². The van der Waals surface area contributed by atoms with Crippen LogP contribution in [-0.4, -0.2) is 34.9 Å². The summed E-state index contributed by atoms with van der Waals surface area (Å²) in [5.74, 6) is -0.281. The van der Waals surface area contributed by atoms with Gasteiger partial charge in [0.2, 0.25) is 5.91 Å². The molecule has 0 fully saturated rings. The number of hydrogen-bond acceptors (Lipinski definition) is 3. The SMILES string of the molecule is CC(=O)N[C@@H](CO)[C@H](O)/C=C/c1ccccc1. The van der Waals surface area contributed by atoms with Gasteiger partial charge in [0, 0.05) is 6.92 Å². The highest BCUT2D eigenvalue weighted by molar-refractivity contribution is 5.73. The van der Waals surface area contributed by atoms with Crippen LogP contribution in [-0.2, 0) is 4.79 Å². The fourth-order valence-electron chi connectivity index (χ4n) is 1.41. The summed E-state index contributed by atoms with van der Waals surface area (Å²) in [4.78, 5) is 10.8. The number of carbonyl (C=O) groups is 1. The number of hydrogen-bond donors (Lipinski definition) is 3. The molecule has 0 saturated heterocycles. The summed E-state index contributed by atoms with van der Waals surface area (Å²) in [5.41, 5.74) is 0.950. The van der Waals surface area contributed by atoms with Gasteiger partial charge in [-0.3, -0.25) is 4.79 Å². The van der Waals surface area contributed by atoms with Gasteiger partial charge < -0.3 is 15.5 Å². The monoisotopic (exact) mass is 235 g/mol. The zero-order valence-electron chi connectivity index (χ0n) is 9.71. The Balaban J connectivity index is 2.60. The summed E-state index contributed by atoms with van der Waals surface area (Å²) in [5, 5.41) is 21.3. The summed E-state index contributed by atoms with van der Waals surface area (Å²) in [6.45, 7) is 1.04. The number of carbonyl (C=O) groups excluding carboxylic acids is 1. The fourth-order valence-corrected chi connectivity index (χ4v) is 1.41. The Hall–Kier alpha value is -1.65. The second-order valence-corrected chi connectivity index (χ2v) is 3.75. The standard InChI is InChI=1S/C13H17NO3/c1-10(16)14-12(9-15)13(17)8-7-11-5-3-2-4-6-11/h2-8,12-13,15,17H,9H2,1H3,(H,14,16)/b8-7+/t12-,13+/m0/s1. The van der Waals surface area contributed by atoms with Crippen molar-refractivity contribution in [3.8, 4) is 0 Å². The van der Waals surface area contributed by atoms with E-state index in [0.717, 1.165) is 5.56 Å². The Bertz CT molecular complexity index is 376. The number of amides is 1. The third-order valence-electron chi connectivity index (χ3n) is 2.28. The van der Waals surface area contributed by atoms with Crippen molar-refractivity contribution >= 4 is 12.0 Å². The van der Waals surface area contributed by atoms with E-state index in [-0.39, 0.29) is 12.5 Å². The molecular formula is C13H17NO3. The highest BCUT2D eigenvalue weighted by Crippen LogP contribution is 2.04. The van der Waals surface area contributed by atoms with Crippen LogP contribution in [0.1, 0.15) is 12.5 Å². The van der Waals surface area contributed by atoms with E-state index in [4.69, 9.17) is 5.11 Å². The van der Waals surface area contributed by atoms with Crippen LogP contribution in [0.25, 0.3) is 6.08 Å². The van der Waals surface area contributed by atoms with E-state index < -0.39 is 12.1 Å². The summed E-state index contributed by atoms with van der Waals surface area (Å²) < 4.78 is 0. The molecule has 0 aliphatic carbocycles. The molecule has 4 heteroatoms. The lowest BCUT2D eigenvalue weighted by Gasteiger charge is -2.18. The molecule has 3 N–H and O–H groups in total. The van der Waals surface area contributed by atoms with Gasteiger partial charge in [0.15, 0.2) is 0 Å². The molecule has 0 unspecified atom stereocenters. The van der Waals surface area contributed by atoms with Crippen LogP contribution in [0, 0.1) is 0 Å². The maximum absolute atomic E-state index is 10.8. The zero-order chi connectivity index (χ0) is 12.7. The molecule has 0 aliphatic heterocycles. The number of benzene rings is 1. The first-order chi connectivity index (χ1) is 8.13. The second kappa shape index (κ2) is 6.83. The normalized spacial score (nSPS) is 14.5. The quantitative estimate of drug-likeness (QED) is 0.698. The minimum atomic E-state index is -0.913. The molecule has 4 nitrogen and oxygen atoms in total. The lowest BCUT2D eigenvalue weighted by atomic mass is 10.1. The largest absolute Gasteiger partial charge is 0.394 e. The molecule has 1 aromatic carbocycles. The summed E-state index contributed by atoms with van der Waals surface area (Å²) in [6.07, 6.45) is 2.38. The van der Waals surface area contributed by atoms with Crippen LogP contribution in [0.15, 0.2) is 36.4 Å². The summed E-state index contributed by atoms with van der Waals surface area (Å²) in [7, 11) is 0. The van der Waals surface area contributed by atoms with Gasteiger partial charge in [-0.25, -0.2) is 0 Å². The first kappa shape index (κ1) is 13.4. The number of aliphatic hydroxyl groups excluding tert-OH is 2. The zero-order valence-corrected chi connectivity index (χ0v) is 9.71. The summed E-state index contributed by atoms with van der Waals surface area (Å²) >= 11 is 0. The van der Waals surface area contributed by atoms with Crippen molar-refractivity contribution in [2.45, 2.75) is 19.1 Å². The Morgan fingerprint density at radius 3 is 2.59 bits per heavy atom. The molecule has 0 aliphatic rings. The van der Waals surface area contributed by atoms with Gasteiger partial charge in [-0.15, -0.1) is 0 Å². The molecule has 2 atom stereocenters. The lowest BCUT2D eigenvalue weighted by Crippen LogP contribution is -2.44. The van der Waals surface area contributed by atoms with Gasteiger partial charge in [0.1, 0.15) is 0 Å². The Labute approximate surface area is 101 Å².